The van der Waals surface area contributed by atoms with E-state index in [4.69, 9.17) is 10.8 Å². The molecule has 0 amide bonds. The van der Waals surface area contributed by atoms with Crippen molar-refractivity contribution in [3.05, 3.63) is 29.1 Å². The van der Waals surface area contributed by atoms with Crippen LogP contribution in [0.3, 0.4) is 0 Å². The van der Waals surface area contributed by atoms with Crippen molar-refractivity contribution in [3.8, 4) is 5.75 Å². The molecule has 1 fully saturated rings. The number of hydrogen-bond acceptors (Lipinski definition) is 3. The van der Waals surface area contributed by atoms with Crippen molar-refractivity contribution in [3.63, 3.8) is 0 Å². The number of halogens is 1. The van der Waals surface area contributed by atoms with E-state index in [1.54, 1.807) is 0 Å². The lowest BCUT2D eigenvalue weighted by molar-refractivity contribution is 0.0693. The van der Waals surface area contributed by atoms with Gasteiger partial charge in [0.25, 0.3) is 0 Å². The molecule has 1 aliphatic carbocycles. The molecule has 0 bridgehead atoms. The molecule has 0 spiro atoms. The molecule has 4 N–H and O–H groups in total. The maximum absolute atomic E-state index is 13.5. The van der Waals surface area contributed by atoms with Crippen LogP contribution in [-0.4, -0.2) is 16.2 Å². The van der Waals surface area contributed by atoms with E-state index in [0.717, 1.165) is 25.0 Å². The average Bonchev–Trinajstić information content (AvgIpc) is 2.99. The summed E-state index contributed by atoms with van der Waals surface area (Å²) < 4.78 is 13.5. The van der Waals surface area contributed by atoms with E-state index in [1.165, 1.54) is 0 Å². The van der Waals surface area contributed by atoms with Crippen LogP contribution >= 0.6 is 0 Å². The molecule has 0 radical (unpaired) electrons. The van der Waals surface area contributed by atoms with Crippen molar-refractivity contribution in [2.24, 2.45) is 11.7 Å². The van der Waals surface area contributed by atoms with Crippen molar-refractivity contribution in [1.29, 1.82) is 0 Å². The van der Waals surface area contributed by atoms with Crippen LogP contribution in [-0.2, 0) is 0 Å². The molecule has 0 aliphatic heterocycles. The highest BCUT2D eigenvalue weighted by molar-refractivity contribution is 5.91. The van der Waals surface area contributed by atoms with E-state index in [0.29, 0.717) is 0 Å². The molecule has 2 rings (SSSR count). The second kappa shape index (κ2) is 3.75. The van der Waals surface area contributed by atoms with Crippen molar-refractivity contribution >= 4 is 5.97 Å². The minimum atomic E-state index is -1.29. The van der Waals surface area contributed by atoms with Crippen molar-refractivity contribution in [1.82, 2.24) is 0 Å². The van der Waals surface area contributed by atoms with Gasteiger partial charge in [0.15, 0.2) is 0 Å². The smallest absolute Gasteiger partial charge is 0.339 e. The van der Waals surface area contributed by atoms with Crippen LogP contribution in [0.1, 0.15) is 34.8 Å². The van der Waals surface area contributed by atoms with E-state index in [9.17, 15) is 14.3 Å². The number of carboxylic acids is 1. The molecule has 86 valence electrons. The Balaban J connectivity index is 2.49. The standard InChI is InChI=1S/C11H12FNO3/c12-7-4-3-6(11(15)16)10(14)8(7)9(13)5-1-2-5/h3-5,9,14H,1-2,13H2,(H,15,16)/t9-/m0/s1. The van der Waals surface area contributed by atoms with Gasteiger partial charge in [-0.2, -0.15) is 0 Å². The predicted octanol–water partition coefficient (Wildman–Crippen LogP) is 1.64. The average molecular weight is 225 g/mol. The molecule has 1 aliphatic rings. The van der Waals surface area contributed by atoms with Gasteiger partial charge in [0.05, 0.1) is 0 Å². The van der Waals surface area contributed by atoms with Gasteiger partial charge in [0.2, 0.25) is 0 Å². The van der Waals surface area contributed by atoms with Gasteiger partial charge in [-0.1, -0.05) is 0 Å². The third-order valence-electron chi connectivity index (χ3n) is 2.86. The number of rotatable bonds is 3. The number of aromatic hydroxyl groups is 1. The molecule has 1 atom stereocenters. The Bertz CT molecular complexity index is 443. The quantitative estimate of drug-likeness (QED) is 0.730. The lowest BCUT2D eigenvalue weighted by atomic mass is 9.98. The van der Waals surface area contributed by atoms with Gasteiger partial charge in [-0.25, -0.2) is 9.18 Å². The van der Waals surface area contributed by atoms with Gasteiger partial charge in [-0.15, -0.1) is 0 Å². The largest absolute Gasteiger partial charge is 0.507 e. The molecule has 0 saturated heterocycles. The second-order valence-corrected chi connectivity index (χ2v) is 4.03. The minimum absolute atomic E-state index is 0.0811. The summed E-state index contributed by atoms with van der Waals surface area (Å²) in [4.78, 5) is 10.8. The van der Waals surface area contributed by atoms with E-state index in [2.05, 4.69) is 0 Å². The maximum atomic E-state index is 13.5. The van der Waals surface area contributed by atoms with Gasteiger partial charge in [-0.3, -0.25) is 0 Å². The third-order valence-corrected chi connectivity index (χ3v) is 2.86. The lowest BCUT2D eigenvalue weighted by Crippen LogP contribution is -2.15. The first-order valence-corrected chi connectivity index (χ1v) is 5.02. The fourth-order valence-electron chi connectivity index (χ4n) is 1.76. The Hall–Kier alpha value is -1.62. The number of hydrogen-bond donors (Lipinski definition) is 3. The molecule has 1 aromatic rings. The first-order valence-electron chi connectivity index (χ1n) is 5.02. The zero-order chi connectivity index (χ0) is 11.9. The van der Waals surface area contributed by atoms with Crippen LogP contribution in [0.4, 0.5) is 4.39 Å². The fraction of sp³-hybridized carbons (Fsp3) is 0.364. The second-order valence-electron chi connectivity index (χ2n) is 4.03. The third kappa shape index (κ3) is 1.74. The topological polar surface area (TPSA) is 83.6 Å². The molecular weight excluding hydrogens is 213 g/mol. The lowest BCUT2D eigenvalue weighted by Gasteiger charge is -2.14. The zero-order valence-electron chi connectivity index (χ0n) is 8.48. The Morgan fingerprint density at radius 3 is 2.62 bits per heavy atom. The van der Waals surface area contributed by atoms with Crippen LogP contribution in [0.5, 0.6) is 5.75 Å². The fourth-order valence-corrected chi connectivity index (χ4v) is 1.76. The van der Waals surface area contributed by atoms with Gasteiger partial charge in [0, 0.05) is 11.6 Å². The zero-order valence-corrected chi connectivity index (χ0v) is 8.48. The van der Waals surface area contributed by atoms with E-state index < -0.39 is 23.6 Å². The summed E-state index contributed by atoms with van der Waals surface area (Å²) in [5.74, 6) is -2.35. The summed E-state index contributed by atoms with van der Waals surface area (Å²) in [6.45, 7) is 0. The molecule has 1 saturated carbocycles. The Labute approximate surface area is 91.5 Å². The van der Waals surface area contributed by atoms with Gasteiger partial charge in [-0.05, 0) is 30.9 Å². The first-order chi connectivity index (χ1) is 7.52. The van der Waals surface area contributed by atoms with E-state index in [-0.39, 0.29) is 17.0 Å². The van der Waals surface area contributed by atoms with Crippen LogP contribution in [0.2, 0.25) is 0 Å². The van der Waals surface area contributed by atoms with Crippen LogP contribution in [0.15, 0.2) is 12.1 Å². The number of benzene rings is 1. The van der Waals surface area contributed by atoms with Crippen LogP contribution < -0.4 is 5.73 Å². The summed E-state index contributed by atoms with van der Waals surface area (Å²) in [6.07, 6.45) is 1.77. The molecule has 5 heteroatoms. The van der Waals surface area contributed by atoms with Gasteiger partial charge in [0.1, 0.15) is 17.1 Å². The normalized spacial score (nSPS) is 17.1. The summed E-state index contributed by atoms with van der Waals surface area (Å²) in [7, 11) is 0. The molecule has 1 aromatic carbocycles. The highest BCUT2D eigenvalue weighted by atomic mass is 19.1. The summed E-state index contributed by atoms with van der Waals surface area (Å²) in [6, 6.07) is 1.44. The predicted molar refractivity (Wildman–Crippen MR) is 54.7 cm³/mol. The number of nitrogens with two attached hydrogens (primary N) is 1. The monoisotopic (exact) mass is 225 g/mol. The summed E-state index contributed by atoms with van der Waals surface area (Å²) in [5, 5.41) is 18.5. The van der Waals surface area contributed by atoms with Crippen molar-refractivity contribution in [2.45, 2.75) is 18.9 Å². The molecule has 4 nitrogen and oxygen atoms in total. The summed E-state index contributed by atoms with van der Waals surface area (Å²) in [5.41, 5.74) is 5.38. The molecule has 16 heavy (non-hydrogen) atoms. The summed E-state index contributed by atoms with van der Waals surface area (Å²) >= 11 is 0. The van der Waals surface area contributed by atoms with Crippen LogP contribution in [0, 0.1) is 11.7 Å². The Morgan fingerprint density at radius 1 is 1.50 bits per heavy atom. The first kappa shape index (κ1) is 10.9. The highest BCUT2D eigenvalue weighted by Gasteiger charge is 2.34. The van der Waals surface area contributed by atoms with Crippen LogP contribution in [0.25, 0.3) is 0 Å². The molecular formula is C11H12FNO3. The van der Waals surface area contributed by atoms with E-state index in [1.807, 2.05) is 0 Å². The molecule has 0 aromatic heterocycles. The van der Waals surface area contributed by atoms with E-state index >= 15 is 0 Å². The minimum Gasteiger partial charge on any atom is -0.507 e. The van der Waals surface area contributed by atoms with Crippen molar-refractivity contribution < 1.29 is 19.4 Å². The molecule has 0 unspecified atom stereocenters. The SMILES string of the molecule is N[C@H](c1c(F)ccc(C(=O)O)c1O)C1CC1. The highest BCUT2D eigenvalue weighted by Crippen LogP contribution is 2.43. The van der Waals surface area contributed by atoms with Gasteiger partial charge >= 0.3 is 5.97 Å². The number of phenols is 1. The van der Waals surface area contributed by atoms with Gasteiger partial charge < -0.3 is 15.9 Å². The Morgan fingerprint density at radius 2 is 2.12 bits per heavy atom. The number of carboxylic acid groups (broad SMARTS) is 1. The molecule has 0 heterocycles. The van der Waals surface area contributed by atoms with Crippen molar-refractivity contribution in [2.75, 3.05) is 0 Å². The number of aromatic carboxylic acids is 1. The maximum Gasteiger partial charge on any atom is 0.339 e. The number of carbonyl (C=O) groups is 1. The Kier molecular flexibility index (Phi) is 2.55.